The van der Waals surface area contributed by atoms with Crippen molar-refractivity contribution in [2.45, 2.75) is 26.2 Å². The van der Waals surface area contributed by atoms with Gasteiger partial charge in [-0.1, -0.05) is 29.8 Å². The topological polar surface area (TPSA) is 41.1 Å². The van der Waals surface area contributed by atoms with Gasteiger partial charge in [0.25, 0.3) is 0 Å². The quantitative estimate of drug-likeness (QED) is 0.804. The summed E-state index contributed by atoms with van der Waals surface area (Å²) in [6.45, 7) is 7.39. The van der Waals surface area contributed by atoms with Gasteiger partial charge in [0.05, 0.1) is 5.41 Å². The Bertz CT molecular complexity index is 374. The normalized spacial score (nSPS) is 10.7. The molecule has 0 aliphatic carbocycles. The van der Waals surface area contributed by atoms with Crippen molar-refractivity contribution in [3.8, 4) is 0 Å². The molecule has 0 aromatic heterocycles. The maximum absolute atomic E-state index is 12.1. The van der Waals surface area contributed by atoms with Gasteiger partial charge >= 0.3 is 0 Å². The van der Waals surface area contributed by atoms with E-state index >= 15 is 0 Å². The molecule has 0 bridgehead atoms. The molecule has 1 amide bonds. The zero-order chi connectivity index (χ0) is 12.9. The van der Waals surface area contributed by atoms with Gasteiger partial charge in [0, 0.05) is 13.1 Å². The number of benzene rings is 1. The molecule has 1 aromatic rings. The Kier molecular flexibility index (Phi) is 6.96. The van der Waals surface area contributed by atoms with Gasteiger partial charge in [0.1, 0.15) is 0 Å². The zero-order valence-corrected chi connectivity index (χ0v) is 12.4. The van der Waals surface area contributed by atoms with E-state index in [0.29, 0.717) is 6.54 Å². The number of hydrogen-bond acceptors (Lipinski definition) is 2. The molecule has 18 heavy (non-hydrogen) atoms. The SMILES string of the molecule is CNCCNC(=O)C(C)(C)c1ccc(C)cc1.Cl. The summed E-state index contributed by atoms with van der Waals surface area (Å²) in [6.07, 6.45) is 0. The van der Waals surface area contributed by atoms with Crippen LogP contribution in [0.3, 0.4) is 0 Å². The minimum atomic E-state index is -0.485. The molecule has 0 aliphatic heterocycles. The summed E-state index contributed by atoms with van der Waals surface area (Å²) >= 11 is 0. The summed E-state index contributed by atoms with van der Waals surface area (Å²) in [7, 11) is 1.87. The van der Waals surface area contributed by atoms with Crippen molar-refractivity contribution in [3.05, 3.63) is 35.4 Å². The van der Waals surface area contributed by atoms with Crippen LogP contribution in [0.4, 0.5) is 0 Å². The largest absolute Gasteiger partial charge is 0.354 e. The summed E-state index contributed by atoms with van der Waals surface area (Å²) in [5, 5.41) is 5.94. The number of amides is 1. The van der Waals surface area contributed by atoms with Crippen LogP contribution in [0.25, 0.3) is 0 Å². The molecule has 0 aliphatic rings. The highest BCUT2D eigenvalue weighted by Gasteiger charge is 2.29. The van der Waals surface area contributed by atoms with Gasteiger partial charge in [0.15, 0.2) is 0 Å². The Balaban J connectivity index is 0.00000289. The molecule has 2 N–H and O–H groups in total. The fraction of sp³-hybridized carbons (Fsp3) is 0.500. The van der Waals surface area contributed by atoms with Crippen LogP contribution in [0.1, 0.15) is 25.0 Å². The van der Waals surface area contributed by atoms with Crippen molar-refractivity contribution >= 4 is 18.3 Å². The fourth-order valence-electron chi connectivity index (χ4n) is 1.62. The molecule has 0 spiro atoms. The second-order valence-corrected chi connectivity index (χ2v) is 4.85. The van der Waals surface area contributed by atoms with Crippen LogP contribution in [0.15, 0.2) is 24.3 Å². The molecule has 1 rings (SSSR count). The fourth-order valence-corrected chi connectivity index (χ4v) is 1.62. The number of halogens is 1. The second kappa shape index (κ2) is 7.39. The lowest BCUT2D eigenvalue weighted by Gasteiger charge is -2.24. The third-order valence-corrected chi connectivity index (χ3v) is 3.00. The van der Waals surface area contributed by atoms with E-state index in [1.807, 2.05) is 52.1 Å². The van der Waals surface area contributed by atoms with E-state index in [2.05, 4.69) is 10.6 Å². The van der Waals surface area contributed by atoms with Crippen molar-refractivity contribution in [2.24, 2.45) is 0 Å². The van der Waals surface area contributed by atoms with Gasteiger partial charge in [-0.05, 0) is 33.4 Å². The molecule has 0 heterocycles. The number of carbonyl (C=O) groups is 1. The van der Waals surface area contributed by atoms with Crippen molar-refractivity contribution in [1.29, 1.82) is 0 Å². The van der Waals surface area contributed by atoms with Crippen LogP contribution in [-0.2, 0) is 10.2 Å². The highest BCUT2D eigenvalue weighted by atomic mass is 35.5. The second-order valence-electron chi connectivity index (χ2n) is 4.85. The summed E-state index contributed by atoms with van der Waals surface area (Å²) in [4.78, 5) is 12.1. The van der Waals surface area contributed by atoms with E-state index in [4.69, 9.17) is 0 Å². The minimum absolute atomic E-state index is 0. The van der Waals surface area contributed by atoms with Crippen molar-refractivity contribution < 1.29 is 4.79 Å². The van der Waals surface area contributed by atoms with Crippen molar-refractivity contribution in [3.63, 3.8) is 0 Å². The average Bonchev–Trinajstić information content (AvgIpc) is 2.29. The molecule has 0 fully saturated rings. The molecule has 102 valence electrons. The Morgan fingerprint density at radius 3 is 2.22 bits per heavy atom. The third kappa shape index (κ3) is 4.31. The number of likely N-dealkylation sites (N-methyl/N-ethyl adjacent to an activating group) is 1. The van der Waals surface area contributed by atoms with Gasteiger partial charge in [-0.15, -0.1) is 12.4 Å². The third-order valence-electron chi connectivity index (χ3n) is 3.00. The number of nitrogens with one attached hydrogen (secondary N) is 2. The summed E-state index contributed by atoms with van der Waals surface area (Å²) in [6, 6.07) is 8.12. The number of rotatable bonds is 5. The minimum Gasteiger partial charge on any atom is -0.354 e. The Labute approximate surface area is 116 Å². The highest BCUT2D eigenvalue weighted by molar-refractivity contribution is 5.87. The van der Waals surface area contributed by atoms with E-state index < -0.39 is 5.41 Å². The Morgan fingerprint density at radius 2 is 1.72 bits per heavy atom. The number of aryl methyl sites for hydroxylation is 1. The zero-order valence-electron chi connectivity index (χ0n) is 11.5. The van der Waals surface area contributed by atoms with Gasteiger partial charge in [0.2, 0.25) is 5.91 Å². The van der Waals surface area contributed by atoms with Crippen molar-refractivity contribution in [1.82, 2.24) is 10.6 Å². The standard InChI is InChI=1S/C14H22N2O.ClH/c1-11-5-7-12(8-6-11)14(2,3)13(17)16-10-9-15-4;/h5-8,15H,9-10H2,1-4H3,(H,16,17);1H. The van der Waals surface area contributed by atoms with E-state index in [1.54, 1.807) is 0 Å². The summed E-state index contributed by atoms with van der Waals surface area (Å²) in [5.41, 5.74) is 1.77. The lowest BCUT2D eigenvalue weighted by molar-refractivity contribution is -0.125. The molecule has 0 radical (unpaired) electrons. The lowest BCUT2D eigenvalue weighted by Crippen LogP contribution is -2.42. The van der Waals surface area contributed by atoms with Gasteiger partial charge in [-0.3, -0.25) is 4.79 Å². The van der Waals surface area contributed by atoms with Gasteiger partial charge < -0.3 is 10.6 Å². The molecular formula is C14H23ClN2O. The smallest absolute Gasteiger partial charge is 0.230 e. The first-order valence-electron chi connectivity index (χ1n) is 5.98. The first kappa shape index (κ1) is 16.9. The Hall–Kier alpha value is -1.06. The summed E-state index contributed by atoms with van der Waals surface area (Å²) in [5.74, 6) is 0.0663. The monoisotopic (exact) mass is 270 g/mol. The van der Waals surface area contributed by atoms with Gasteiger partial charge in [-0.2, -0.15) is 0 Å². The van der Waals surface area contributed by atoms with E-state index in [1.165, 1.54) is 5.56 Å². The molecule has 0 saturated heterocycles. The average molecular weight is 271 g/mol. The predicted octanol–water partition coefficient (Wildman–Crippen LogP) is 2.03. The van der Waals surface area contributed by atoms with Crippen LogP contribution < -0.4 is 10.6 Å². The first-order valence-corrected chi connectivity index (χ1v) is 5.98. The Morgan fingerprint density at radius 1 is 1.17 bits per heavy atom. The van der Waals surface area contributed by atoms with Crippen molar-refractivity contribution in [2.75, 3.05) is 20.1 Å². The predicted molar refractivity (Wildman–Crippen MR) is 78.4 cm³/mol. The van der Waals surface area contributed by atoms with E-state index in [0.717, 1.165) is 12.1 Å². The van der Waals surface area contributed by atoms with Gasteiger partial charge in [-0.25, -0.2) is 0 Å². The van der Waals surface area contributed by atoms with Crippen LogP contribution in [0.2, 0.25) is 0 Å². The molecular weight excluding hydrogens is 248 g/mol. The molecule has 3 nitrogen and oxygen atoms in total. The molecule has 4 heteroatoms. The first-order chi connectivity index (χ1) is 7.98. The van der Waals surface area contributed by atoms with E-state index in [9.17, 15) is 4.79 Å². The lowest BCUT2D eigenvalue weighted by atomic mass is 9.83. The highest BCUT2D eigenvalue weighted by Crippen LogP contribution is 2.23. The van der Waals surface area contributed by atoms with E-state index in [-0.39, 0.29) is 18.3 Å². The molecule has 0 unspecified atom stereocenters. The molecule has 0 atom stereocenters. The number of carbonyl (C=O) groups excluding carboxylic acids is 1. The van der Waals surface area contributed by atoms with Crippen LogP contribution in [0.5, 0.6) is 0 Å². The number of hydrogen-bond donors (Lipinski definition) is 2. The van der Waals surface area contributed by atoms with Crippen LogP contribution >= 0.6 is 12.4 Å². The maximum atomic E-state index is 12.1. The van der Waals surface area contributed by atoms with Crippen LogP contribution in [0, 0.1) is 6.92 Å². The van der Waals surface area contributed by atoms with Crippen LogP contribution in [-0.4, -0.2) is 26.0 Å². The molecule has 0 saturated carbocycles. The maximum Gasteiger partial charge on any atom is 0.230 e. The summed E-state index contributed by atoms with van der Waals surface area (Å²) < 4.78 is 0. The molecule has 1 aromatic carbocycles.